The predicted molar refractivity (Wildman–Crippen MR) is 101 cm³/mol. The van der Waals surface area contributed by atoms with Crippen LogP contribution in [0.25, 0.3) is 22.0 Å². The lowest BCUT2D eigenvalue weighted by Gasteiger charge is -2.23. The van der Waals surface area contributed by atoms with E-state index in [1.165, 1.54) is 0 Å². The second kappa shape index (κ2) is 6.03. The minimum absolute atomic E-state index is 0.0851. The number of fused-ring (bicyclic) bond motifs is 1. The molecule has 0 spiro atoms. The van der Waals surface area contributed by atoms with Crippen molar-refractivity contribution >= 4 is 39.8 Å². The van der Waals surface area contributed by atoms with Crippen LogP contribution in [0.15, 0.2) is 48.5 Å². The van der Waals surface area contributed by atoms with Crippen molar-refractivity contribution in [3.63, 3.8) is 0 Å². The van der Waals surface area contributed by atoms with Gasteiger partial charge < -0.3 is 5.32 Å². The fourth-order valence-corrected chi connectivity index (χ4v) is 2.75. The van der Waals surface area contributed by atoms with Crippen molar-refractivity contribution in [2.45, 2.75) is 26.3 Å². The Morgan fingerprint density at radius 2 is 1.52 bits per heavy atom. The summed E-state index contributed by atoms with van der Waals surface area (Å²) >= 11 is 12.1. The Hall–Kier alpha value is -1.77. The van der Waals surface area contributed by atoms with Crippen LogP contribution in [0.5, 0.6) is 0 Å². The maximum atomic E-state index is 6.16. The van der Waals surface area contributed by atoms with Gasteiger partial charge in [-0.05, 0) is 62.6 Å². The average molecular weight is 345 g/mol. The van der Waals surface area contributed by atoms with E-state index in [4.69, 9.17) is 28.2 Å². The van der Waals surface area contributed by atoms with E-state index in [1.807, 2.05) is 42.5 Å². The van der Waals surface area contributed by atoms with Crippen molar-refractivity contribution in [2.24, 2.45) is 0 Å². The molecule has 0 radical (unpaired) electrons. The Morgan fingerprint density at radius 3 is 2.17 bits per heavy atom. The van der Waals surface area contributed by atoms with Crippen LogP contribution in [0.3, 0.4) is 0 Å². The fourth-order valence-electron chi connectivity index (χ4n) is 2.45. The minimum Gasteiger partial charge on any atom is -0.365 e. The Balaban J connectivity index is 2.21. The van der Waals surface area contributed by atoms with Crippen LogP contribution in [-0.4, -0.2) is 10.5 Å². The second-order valence-electron chi connectivity index (χ2n) is 6.60. The van der Waals surface area contributed by atoms with E-state index in [9.17, 15) is 0 Å². The highest BCUT2D eigenvalue weighted by Crippen LogP contribution is 2.31. The maximum Gasteiger partial charge on any atom is 0.134 e. The normalized spacial score (nSPS) is 11.7. The molecule has 23 heavy (non-hydrogen) atoms. The predicted octanol–water partition coefficient (Wildman–Crippen LogP) is 6.42. The zero-order chi connectivity index (χ0) is 16.6. The number of hydrogen-bond acceptors (Lipinski definition) is 2. The van der Waals surface area contributed by atoms with E-state index in [1.54, 1.807) is 0 Å². The van der Waals surface area contributed by atoms with E-state index < -0.39 is 0 Å². The van der Waals surface area contributed by atoms with Crippen LogP contribution in [-0.2, 0) is 0 Å². The molecule has 1 heterocycles. The number of hydrogen-bond donors (Lipinski definition) is 1. The highest BCUT2D eigenvalue weighted by atomic mass is 35.5. The Morgan fingerprint density at radius 1 is 0.870 bits per heavy atom. The highest BCUT2D eigenvalue weighted by Gasteiger charge is 2.14. The first-order valence-corrected chi connectivity index (χ1v) is 8.22. The van der Waals surface area contributed by atoms with Gasteiger partial charge in [-0.1, -0.05) is 35.3 Å². The van der Waals surface area contributed by atoms with Crippen molar-refractivity contribution in [3.05, 3.63) is 58.6 Å². The number of anilines is 1. The molecule has 3 rings (SSSR count). The van der Waals surface area contributed by atoms with Crippen LogP contribution in [0, 0.1) is 0 Å². The monoisotopic (exact) mass is 344 g/mol. The molecule has 118 valence electrons. The van der Waals surface area contributed by atoms with E-state index in [0.717, 1.165) is 27.8 Å². The summed E-state index contributed by atoms with van der Waals surface area (Å²) in [6.07, 6.45) is 0. The summed E-state index contributed by atoms with van der Waals surface area (Å²) in [5.41, 5.74) is 1.83. The van der Waals surface area contributed by atoms with Crippen LogP contribution in [0.4, 0.5) is 5.82 Å². The van der Waals surface area contributed by atoms with Gasteiger partial charge in [0.2, 0.25) is 0 Å². The molecule has 0 aliphatic carbocycles. The van der Waals surface area contributed by atoms with Gasteiger partial charge in [-0.15, -0.1) is 0 Å². The van der Waals surface area contributed by atoms with Gasteiger partial charge in [-0.25, -0.2) is 4.98 Å². The molecule has 1 N–H and O–H groups in total. The Kier molecular flexibility index (Phi) is 4.22. The summed E-state index contributed by atoms with van der Waals surface area (Å²) in [6.45, 7) is 6.35. The van der Waals surface area contributed by atoms with E-state index in [2.05, 4.69) is 32.2 Å². The number of nitrogens with one attached hydrogen (secondary N) is 1. The van der Waals surface area contributed by atoms with Crippen molar-refractivity contribution in [3.8, 4) is 11.3 Å². The first kappa shape index (κ1) is 16.1. The summed E-state index contributed by atoms with van der Waals surface area (Å²) in [6, 6.07) is 15.6. The van der Waals surface area contributed by atoms with Crippen molar-refractivity contribution in [2.75, 3.05) is 5.32 Å². The zero-order valence-electron chi connectivity index (χ0n) is 13.3. The van der Waals surface area contributed by atoms with E-state index in [-0.39, 0.29) is 5.54 Å². The molecule has 0 unspecified atom stereocenters. The van der Waals surface area contributed by atoms with Gasteiger partial charge in [0.15, 0.2) is 0 Å². The summed E-state index contributed by atoms with van der Waals surface area (Å²) in [5, 5.41) is 7.03. The lowest BCUT2D eigenvalue weighted by atomic mass is 10.0. The van der Waals surface area contributed by atoms with Gasteiger partial charge in [0.1, 0.15) is 5.82 Å². The molecule has 0 aliphatic heterocycles. The van der Waals surface area contributed by atoms with E-state index in [0.29, 0.717) is 10.0 Å². The van der Waals surface area contributed by atoms with Crippen molar-refractivity contribution in [1.82, 2.24) is 4.98 Å². The Labute approximate surface area is 146 Å². The van der Waals surface area contributed by atoms with Crippen LogP contribution in [0.1, 0.15) is 20.8 Å². The standard InChI is InChI=1S/C19H18Cl2N2/c1-19(2,3)23-18-16-9-8-15(21)10-13(16)11-17(22-18)12-4-6-14(20)7-5-12/h4-11H,1-3H3,(H,22,23). The SMILES string of the molecule is CC(C)(C)Nc1nc(-c2ccc(Cl)cc2)cc2cc(Cl)ccc12. The zero-order valence-corrected chi connectivity index (χ0v) is 14.8. The molecular weight excluding hydrogens is 327 g/mol. The van der Waals surface area contributed by atoms with Crippen molar-refractivity contribution in [1.29, 1.82) is 0 Å². The fraction of sp³-hybridized carbons (Fsp3) is 0.211. The number of nitrogens with zero attached hydrogens (tertiary/aromatic N) is 1. The number of halogens is 2. The first-order chi connectivity index (χ1) is 10.8. The molecule has 3 aromatic rings. The van der Waals surface area contributed by atoms with Gasteiger partial charge in [0.25, 0.3) is 0 Å². The van der Waals surface area contributed by atoms with Gasteiger partial charge in [0.05, 0.1) is 5.69 Å². The third-order valence-electron chi connectivity index (χ3n) is 3.43. The topological polar surface area (TPSA) is 24.9 Å². The smallest absolute Gasteiger partial charge is 0.134 e. The van der Waals surface area contributed by atoms with Crippen LogP contribution >= 0.6 is 23.2 Å². The molecule has 1 aromatic heterocycles. The second-order valence-corrected chi connectivity index (χ2v) is 7.48. The van der Waals surface area contributed by atoms with E-state index >= 15 is 0 Å². The molecule has 2 nitrogen and oxygen atoms in total. The van der Waals surface area contributed by atoms with Crippen LogP contribution in [0.2, 0.25) is 10.0 Å². The van der Waals surface area contributed by atoms with Gasteiger partial charge in [0, 0.05) is 26.5 Å². The number of aromatic nitrogens is 1. The lowest BCUT2D eigenvalue weighted by molar-refractivity contribution is 0.632. The molecule has 4 heteroatoms. The largest absolute Gasteiger partial charge is 0.365 e. The van der Waals surface area contributed by atoms with Crippen molar-refractivity contribution < 1.29 is 0 Å². The molecule has 0 saturated heterocycles. The van der Waals surface area contributed by atoms with Gasteiger partial charge >= 0.3 is 0 Å². The van der Waals surface area contributed by atoms with Gasteiger partial charge in [-0.2, -0.15) is 0 Å². The molecule has 0 bridgehead atoms. The number of rotatable bonds is 2. The molecular formula is C19H18Cl2N2. The number of pyridine rings is 1. The summed E-state index contributed by atoms with van der Waals surface area (Å²) in [5.74, 6) is 0.858. The summed E-state index contributed by atoms with van der Waals surface area (Å²) < 4.78 is 0. The molecule has 0 atom stereocenters. The van der Waals surface area contributed by atoms with Gasteiger partial charge in [-0.3, -0.25) is 0 Å². The third kappa shape index (κ3) is 3.77. The first-order valence-electron chi connectivity index (χ1n) is 7.46. The molecule has 0 fully saturated rings. The van der Waals surface area contributed by atoms with Crippen LogP contribution < -0.4 is 5.32 Å². The molecule has 2 aromatic carbocycles. The third-order valence-corrected chi connectivity index (χ3v) is 3.91. The highest BCUT2D eigenvalue weighted by molar-refractivity contribution is 6.31. The average Bonchev–Trinajstić information content (AvgIpc) is 2.45. The quantitative estimate of drug-likeness (QED) is 0.580. The Bertz CT molecular complexity index is 850. The maximum absolute atomic E-state index is 6.16. The molecule has 0 aliphatic rings. The lowest BCUT2D eigenvalue weighted by Crippen LogP contribution is -2.26. The number of benzene rings is 2. The molecule has 0 amide bonds. The molecule has 0 saturated carbocycles. The summed E-state index contributed by atoms with van der Waals surface area (Å²) in [7, 11) is 0. The summed E-state index contributed by atoms with van der Waals surface area (Å²) in [4.78, 5) is 4.82. The minimum atomic E-state index is -0.0851.